The number of nitrogens with zero attached hydrogens (tertiary/aromatic N) is 3. The number of anilines is 1. The van der Waals surface area contributed by atoms with Gasteiger partial charge >= 0.3 is 0 Å². The van der Waals surface area contributed by atoms with Crippen molar-refractivity contribution in [2.45, 2.75) is 43.5 Å². The first kappa shape index (κ1) is 24.7. The fraction of sp³-hybridized carbons (Fsp3) is 0.312. The molecule has 0 bridgehead atoms. The smallest absolute Gasteiger partial charge is 0.0982 e. The summed E-state index contributed by atoms with van der Waals surface area (Å²) >= 11 is 1.92. The van der Waals surface area contributed by atoms with Gasteiger partial charge in [0.15, 0.2) is 0 Å². The summed E-state index contributed by atoms with van der Waals surface area (Å²) in [6, 6.07) is 17.8. The number of hydrogen-bond acceptors (Lipinski definition) is 4. The zero-order valence-electron chi connectivity index (χ0n) is 21.9. The molecule has 1 aliphatic carbocycles. The van der Waals surface area contributed by atoms with Gasteiger partial charge in [-0.25, -0.2) is 0 Å². The number of likely N-dealkylation sites (N-methyl/N-ethyl adjacent to an activating group) is 1. The van der Waals surface area contributed by atoms with E-state index >= 15 is 0 Å². The van der Waals surface area contributed by atoms with Crippen LogP contribution in [0.1, 0.15) is 37.8 Å². The van der Waals surface area contributed by atoms with E-state index in [2.05, 4.69) is 128 Å². The lowest BCUT2D eigenvalue weighted by Gasteiger charge is -2.34. The quantitative estimate of drug-likeness (QED) is 0.394. The number of hydrogen-bond donors (Lipinski definition) is 0. The fourth-order valence-corrected chi connectivity index (χ4v) is 6.44. The molecule has 0 spiro atoms. The largest absolute Gasteiger partial charge is 0.358 e. The van der Waals surface area contributed by atoms with E-state index < -0.39 is 0 Å². The topological polar surface area (TPSA) is 9.72 Å². The van der Waals surface area contributed by atoms with E-state index in [0.29, 0.717) is 5.37 Å². The Hall–Kier alpha value is -2.95. The molecule has 2 aromatic carbocycles. The van der Waals surface area contributed by atoms with Gasteiger partial charge in [-0.1, -0.05) is 92.4 Å². The second-order valence-electron chi connectivity index (χ2n) is 9.64. The van der Waals surface area contributed by atoms with Crippen molar-refractivity contribution in [1.29, 1.82) is 0 Å². The molecule has 1 atom stereocenters. The van der Waals surface area contributed by atoms with E-state index in [4.69, 9.17) is 0 Å². The maximum absolute atomic E-state index is 2.46. The first-order valence-electron chi connectivity index (χ1n) is 13.1. The van der Waals surface area contributed by atoms with Gasteiger partial charge in [0.25, 0.3) is 0 Å². The van der Waals surface area contributed by atoms with E-state index in [1.807, 2.05) is 11.8 Å². The molecule has 0 N–H and O–H groups in total. The maximum Gasteiger partial charge on any atom is 0.0982 e. The molecule has 0 aromatic heterocycles. The summed E-state index contributed by atoms with van der Waals surface area (Å²) in [4.78, 5) is 8.57. The Labute approximate surface area is 221 Å². The van der Waals surface area contributed by atoms with Gasteiger partial charge in [0.05, 0.1) is 11.1 Å². The molecule has 0 saturated carbocycles. The highest BCUT2D eigenvalue weighted by atomic mass is 32.2. The van der Waals surface area contributed by atoms with Crippen LogP contribution in [0.5, 0.6) is 0 Å². The Kier molecular flexibility index (Phi) is 7.54. The molecule has 4 heteroatoms. The number of benzene rings is 2. The SMILES string of the molecule is CCN(CC)Cc1ccc(C2=C/C(=C/C=C/C3Sc4ccccc4N3C)C3=C(CCC=C3)N2C)cc1. The first-order chi connectivity index (χ1) is 17.6. The average Bonchev–Trinajstić information content (AvgIpc) is 3.24. The third kappa shape index (κ3) is 4.98. The van der Waals surface area contributed by atoms with Crippen molar-refractivity contribution in [3.8, 4) is 0 Å². The van der Waals surface area contributed by atoms with Crippen molar-refractivity contribution >= 4 is 23.1 Å². The predicted molar refractivity (Wildman–Crippen MR) is 156 cm³/mol. The summed E-state index contributed by atoms with van der Waals surface area (Å²) in [6.07, 6.45) is 16.0. The van der Waals surface area contributed by atoms with Crippen molar-refractivity contribution < 1.29 is 0 Å². The number of fused-ring (bicyclic) bond motifs is 1. The number of rotatable bonds is 7. The highest BCUT2D eigenvalue weighted by molar-refractivity contribution is 8.00. The molecule has 0 radical (unpaired) electrons. The van der Waals surface area contributed by atoms with Crippen LogP contribution in [0.15, 0.2) is 107 Å². The summed E-state index contributed by atoms with van der Waals surface area (Å²) in [6.45, 7) is 7.64. The monoisotopic (exact) mass is 495 g/mol. The van der Waals surface area contributed by atoms with Crippen molar-refractivity contribution in [1.82, 2.24) is 9.80 Å². The maximum atomic E-state index is 2.46. The molecule has 1 unspecified atom stereocenters. The van der Waals surface area contributed by atoms with Crippen molar-refractivity contribution in [3.63, 3.8) is 0 Å². The van der Waals surface area contributed by atoms with Gasteiger partial charge < -0.3 is 9.80 Å². The van der Waals surface area contributed by atoms with Gasteiger partial charge in [0.2, 0.25) is 0 Å². The normalized spacial score (nSPS) is 20.5. The van der Waals surface area contributed by atoms with Crippen LogP contribution in [0, 0.1) is 0 Å². The molecular formula is C32H37N3S. The van der Waals surface area contributed by atoms with E-state index in [1.165, 1.54) is 44.3 Å². The van der Waals surface area contributed by atoms with Gasteiger partial charge in [-0.3, -0.25) is 4.90 Å². The average molecular weight is 496 g/mol. The summed E-state index contributed by atoms with van der Waals surface area (Å²) in [5.74, 6) is 0. The van der Waals surface area contributed by atoms with E-state index in [-0.39, 0.29) is 0 Å². The number of thioether (sulfide) groups is 1. The van der Waals surface area contributed by atoms with Crippen LogP contribution in [0.25, 0.3) is 5.70 Å². The zero-order chi connectivity index (χ0) is 25.1. The van der Waals surface area contributed by atoms with Crippen LogP contribution in [0.3, 0.4) is 0 Å². The molecule has 3 nitrogen and oxygen atoms in total. The van der Waals surface area contributed by atoms with Crippen molar-refractivity contribution in [2.75, 3.05) is 32.1 Å². The van der Waals surface area contributed by atoms with E-state index in [0.717, 1.165) is 32.5 Å². The summed E-state index contributed by atoms with van der Waals surface area (Å²) in [7, 11) is 4.40. The molecule has 2 heterocycles. The molecule has 0 saturated heterocycles. The van der Waals surface area contributed by atoms with Crippen LogP contribution < -0.4 is 4.90 Å². The standard InChI is InChI=1S/C32H37N3S/c1-5-35(6-2)23-24-18-20-25(21-19-24)30-22-26(27-13-7-8-14-28(27)33(30)3)12-11-17-32-34(4)29-15-9-10-16-31(29)36-32/h7,9-13,15-22,32H,5-6,8,14,23H2,1-4H3/b17-11+,26-12-. The third-order valence-corrected chi connectivity index (χ3v) is 8.80. The molecule has 0 fully saturated rings. The van der Waals surface area contributed by atoms with Crippen molar-refractivity contribution in [3.05, 3.63) is 113 Å². The molecule has 3 aliphatic rings. The summed E-state index contributed by atoms with van der Waals surface area (Å²) in [5, 5.41) is 0.322. The molecule has 186 valence electrons. The third-order valence-electron chi connectivity index (χ3n) is 7.49. The minimum absolute atomic E-state index is 0.322. The van der Waals surface area contributed by atoms with E-state index in [9.17, 15) is 0 Å². The van der Waals surface area contributed by atoms with Crippen LogP contribution >= 0.6 is 11.8 Å². The van der Waals surface area contributed by atoms with Crippen LogP contribution in [-0.4, -0.2) is 42.4 Å². The Bertz CT molecular complexity index is 1240. The van der Waals surface area contributed by atoms with Crippen LogP contribution in [0.2, 0.25) is 0 Å². The number of para-hydroxylation sites is 1. The highest BCUT2D eigenvalue weighted by Gasteiger charge is 2.25. The summed E-state index contributed by atoms with van der Waals surface area (Å²) < 4.78 is 0. The minimum Gasteiger partial charge on any atom is -0.358 e. The van der Waals surface area contributed by atoms with Gasteiger partial charge in [-0.05, 0) is 60.8 Å². The molecule has 2 aromatic rings. The molecular weight excluding hydrogens is 458 g/mol. The Morgan fingerprint density at radius 1 is 1.03 bits per heavy atom. The molecule has 2 aliphatic heterocycles. The van der Waals surface area contributed by atoms with Crippen LogP contribution in [-0.2, 0) is 6.54 Å². The van der Waals surface area contributed by atoms with Gasteiger partial charge in [0, 0.05) is 42.5 Å². The van der Waals surface area contributed by atoms with Gasteiger partial charge in [-0.2, -0.15) is 0 Å². The minimum atomic E-state index is 0.322. The Morgan fingerprint density at radius 2 is 1.81 bits per heavy atom. The molecule has 36 heavy (non-hydrogen) atoms. The molecule has 0 amide bonds. The van der Waals surface area contributed by atoms with E-state index in [1.54, 1.807) is 0 Å². The lowest BCUT2D eigenvalue weighted by Crippen LogP contribution is -2.23. The lowest BCUT2D eigenvalue weighted by molar-refractivity contribution is 0.296. The van der Waals surface area contributed by atoms with Gasteiger partial charge in [-0.15, -0.1) is 0 Å². The predicted octanol–water partition coefficient (Wildman–Crippen LogP) is 7.47. The summed E-state index contributed by atoms with van der Waals surface area (Å²) in [5.41, 5.74) is 9.31. The first-order valence-corrected chi connectivity index (χ1v) is 14.0. The Morgan fingerprint density at radius 3 is 2.56 bits per heavy atom. The van der Waals surface area contributed by atoms with Crippen LogP contribution in [0.4, 0.5) is 5.69 Å². The fourth-order valence-electron chi connectivity index (χ4n) is 5.25. The Balaban J connectivity index is 1.40. The lowest BCUT2D eigenvalue weighted by atomic mass is 9.89. The zero-order valence-corrected chi connectivity index (χ0v) is 22.8. The van der Waals surface area contributed by atoms with Gasteiger partial charge in [0.1, 0.15) is 0 Å². The number of allylic oxidation sites excluding steroid dienone is 8. The molecule has 5 rings (SSSR count). The second-order valence-corrected chi connectivity index (χ2v) is 10.8. The van der Waals surface area contributed by atoms with Crippen molar-refractivity contribution in [2.24, 2.45) is 0 Å². The highest BCUT2D eigenvalue weighted by Crippen LogP contribution is 2.43. The second kappa shape index (κ2) is 11.0.